The third kappa shape index (κ3) is 4.23. The molecule has 1 heterocycles. The first-order chi connectivity index (χ1) is 12.6. The second-order valence-corrected chi connectivity index (χ2v) is 6.47. The zero-order chi connectivity index (χ0) is 18.5. The Labute approximate surface area is 154 Å². The van der Waals surface area contributed by atoms with Crippen LogP contribution >= 0.6 is 11.8 Å². The van der Waals surface area contributed by atoms with Crippen molar-refractivity contribution in [1.29, 1.82) is 5.41 Å². The minimum Gasteiger partial charge on any atom is -0.490 e. The molecule has 0 bridgehead atoms. The van der Waals surface area contributed by atoms with Gasteiger partial charge < -0.3 is 14.8 Å². The van der Waals surface area contributed by atoms with E-state index in [2.05, 4.69) is 5.32 Å². The number of amides is 1. The standard InChI is InChI=1S/C19H17FN2O3S/c1-2-24-16-9-12(10-17-18(23)22-19(21)26-17)7-8-15(16)25-11-13-5-3-4-6-14(13)20/h3-10H,2,11H2,1H3,(H2,21,22,23)/b17-10+. The highest BCUT2D eigenvalue weighted by Crippen LogP contribution is 2.32. The van der Waals surface area contributed by atoms with Crippen LogP contribution in [-0.2, 0) is 11.4 Å². The molecule has 1 amide bonds. The lowest BCUT2D eigenvalue weighted by molar-refractivity contribution is -0.115. The number of nitrogens with one attached hydrogen (secondary N) is 2. The smallest absolute Gasteiger partial charge is 0.264 e. The summed E-state index contributed by atoms with van der Waals surface area (Å²) in [6, 6.07) is 11.7. The van der Waals surface area contributed by atoms with Gasteiger partial charge in [0.1, 0.15) is 12.4 Å². The lowest BCUT2D eigenvalue weighted by atomic mass is 10.1. The molecule has 1 aliphatic heterocycles. The van der Waals surface area contributed by atoms with E-state index in [1.54, 1.807) is 42.5 Å². The van der Waals surface area contributed by atoms with Crippen molar-refractivity contribution in [2.24, 2.45) is 0 Å². The summed E-state index contributed by atoms with van der Waals surface area (Å²) in [4.78, 5) is 12.2. The van der Waals surface area contributed by atoms with Crippen molar-refractivity contribution in [2.45, 2.75) is 13.5 Å². The number of amidine groups is 1. The second-order valence-electron chi connectivity index (χ2n) is 5.41. The van der Waals surface area contributed by atoms with E-state index in [1.165, 1.54) is 6.07 Å². The van der Waals surface area contributed by atoms with E-state index in [0.717, 1.165) is 17.3 Å². The number of carbonyl (C=O) groups excluding carboxylic acids is 1. The van der Waals surface area contributed by atoms with Crippen LogP contribution in [0.25, 0.3) is 6.08 Å². The lowest BCUT2D eigenvalue weighted by Crippen LogP contribution is -2.18. The molecule has 1 saturated heterocycles. The highest BCUT2D eigenvalue weighted by molar-refractivity contribution is 8.18. The molecule has 134 valence electrons. The molecule has 0 radical (unpaired) electrons. The van der Waals surface area contributed by atoms with E-state index in [9.17, 15) is 9.18 Å². The highest BCUT2D eigenvalue weighted by Gasteiger charge is 2.22. The minimum absolute atomic E-state index is 0.0859. The lowest BCUT2D eigenvalue weighted by Gasteiger charge is -2.13. The molecule has 0 saturated carbocycles. The SMILES string of the molecule is CCOc1cc(/C=C2/SC(=N)NC2=O)ccc1OCc1ccccc1F. The first-order valence-corrected chi connectivity index (χ1v) is 8.81. The van der Waals surface area contributed by atoms with Gasteiger partial charge in [-0.3, -0.25) is 10.2 Å². The Morgan fingerprint density at radius 2 is 2.00 bits per heavy atom. The van der Waals surface area contributed by atoms with Gasteiger partial charge in [-0.25, -0.2) is 4.39 Å². The maximum absolute atomic E-state index is 13.7. The van der Waals surface area contributed by atoms with Crippen LogP contribution in [0.5, 0.6) is 11.5 Å². The van der Waals surface area contributed by atoms with Gasteiger partial charge in [0.2, 0.25) is 0 Å². The molecule has 2 N–H and O–H groups in total. The average molecular weight is 372 g/mol. The number of halogens is 1. The summed E-state index contributed by atoms with van der Waals surface area (Å²) in [6.45, 7) is 2.38. The Morgan fingerprint density at radius 3 is 2.69 bits per heavy atom. The molecule has 3 rings (SSSR count). The van der Waals surface area contributed by atoms with Crippen molar-refractivity contribution >= 4 is 28.9 Å². The van der Waals surface area contributed by atoms with Gasteiger partial charge in [-0.1, -0.05) is 24.3 Å². The fourth-order valence-corrected chi connectivity index (χ4v) is 3.07. The summed E-state index contributed by atoms with van der Waals surface area (Å²) in [5, 5.41) is 10.0. The topological polar surface area (TPSA) is 71.4 Å². The first-order valence-electron chi connectivity index (χ1n) is 7.99. The molecular formula is C19H17FN2O3S. The number of carbonyl (C=O) groups is 1. The van der Waals surface area contributed by atoms with E-state index in [0.29, 0.717) is 28.6 Å². The monoisotopic (exact) mass is 372 g/mol. The van der Waals surface area contributed by atoms with Gasteiger partial charge in [0, 0.05) is 5.56 Å². The molecule has 2 aromatic carbocycles. The Hall–Kier alpha value is -2.80. The molecule has 1 fully saturated rings. The zero-order valence-corrected chi connectivity index (χ0v) is 14.9. The largest absolute Gasteiger partial charge is 0.490 e. The summed E-state index contributed by atoms with van der Waals surface area (Å²) in [5.41, 5.74) is 1.21. The Bertz CT molecular complexity index is 883. The maximum Gasteiger partial charge on any atom is 0.264 e. The van der Waals surface area contributed by atoms with E-state index in [-0.39, 0.29) is 23.5 Å². The Balaban J connectivity index is 1.80. The van der Waals surface area contributed by atoms with Crippen LogP contribution in [0.4, 0.5) is 4.39 Å². The number of benzene rings is 2. The molecule has 1 aliphatic rings. The van der Waals surface area contributed by atoms with Crippen molar-refractivity contribution in [2.75, 3.05) is 6.61 Å². The number of thioether (sulfide) groups is 1. The summed E-state index contributed by atoms with van der Waals surface area (Å²) in [5.74, 6) is 0.390. The van der Waals surface area contributed by atoms with Crippen LogP contribution < -0.4 is 14.8 Å². The fraction of sp³-hybridized carbons (Fsp3) is 0.158. The fourth-order valence-electron chi connectivity index (χ4n) is 2.37. The van der Waals surface area contributed by atoms with Crippen LogP contribution in [0, 0.1) is 11.2 Å². The molecule has 0 unspecified atom stereocenters. The van der Waals surface area contributed by atoms with E-state index in [4.69, 9.17) is 14.9 Å². The van der Waals surface area contributed by atoms with Gasteiger partial charge >= 0.3 is 0 Å². The van der Waals surface area contributed by atoms with Crippen LogP contribution in [0.3, 0.4) is 0 Å². The van der Waals surface area contributed by atoms with Crippen LogP contribution in [0.2, 0.25) is 0 Å². The van der Waals surface area contributed by atoms with Crippen molar-refractivity contribution in [3.63, 3.8) is 0 Å². The summed E-state index contributed by atoms with van der Waals surface area (Å²) >= 11 is 1.07. The third-order valence-corrected chi connectivity index (χ3v) is 4.40. The number of rotatable bonds is 6. The van der Waals surface area contributed by atoms with E-state index < -0.39 is 0 Å². The zero-order valence-electron chi connectivity index (χ0n) is 14.0. The predicted octanol–water partition coefficient (Wildman–Crippen LogP) is 3.94. The minimum atomic E-state index is -0.321. The molecule has 2 aromatic rings. The number of ether oxygens (including phenoxy) is 2. The number of hydrogen-bond donors (Lipinski definition) is 2. The van der Waals surface area contributed by atoms with E-state index >= 15 is 0 Å². The maximum atomic E-state index is 13.7. The highest BCUT2D eigenvalue weighted by atomic mass is 32.2. The van der Waals surface area contributed by atoms with Crippen molar-refractivity contribution in [3.8, 4) is 11.5 Å². The second kappa shape index (κ2) is 8.05. The van der Waals surface area contributed by atoms with Crippen molar-refractivity contribution < 1.29 is 18.7 Å². The van der Waals surface area contributed by atoms with Gasteiger partial charge in [0.25, 0.3) is 5.91 Å². The van der Waals surface area contributed by atoms with E-state index in [1.807, 2.05) is 6.92 Å². The Kier molecular flexibility index (Phi) is 5.58. The molecule has 26 heavy (non-hydrogen) atoms. The van der Waals surface area contributed by atoms with Crippen molar-refractivity contribution in [1.82, 2.24) is 5.32 Å². The van der Waals surface area contributed by atoms with Gasteiger partial charge in [-0.05, 0) is 48.5 Å². The molecule has 5 nitrogen and oxygen atoms in total. The quantitative estimate of drug-likeness (QED) is 0.754. The molecular weight excluding hydrogens is 355 g/mol. The van der Waals surface area contributed by atoms with Crippen molar-refractivity contribution in [3.05, 3.63) is 64.3 Å². The van der Waals surface area contributed by atoms with Gasteiger partial charge in [0.05, 0.1) is 11.5 Å². The van der Waals surface area contributed by atoms with Gasteiger partial charge in [-0.15, -0.1) is 0 Å². The average Bonchev–Trinajstić information content (AvgIpc) is 2.93. The van der Waals surface area contributed by atoms with Crippen LogP contribution in [0.15, 0.2) is 47.4 Å². The van der Waals surface area contributed by atoms with Gasteiger partial charge in [0.15, 0.2) is 16.7 Å². The molecule has 0 atom stereocenters. The normalized spacial score (nSPS) is 15.2. The van der Waals surface area contributed by atoms with Gasteiger partial charge in [-0.2, -0.15) is 0 Å². The summed E-state index contributed by atoms with van der Waals surface area (Å²) < 4.78 is 25.1. The Morgan fingerprint density at radius 1 is 1.19 bits per heavy atom. The molecule has 0 aromatic heterocycles. The third-order valence-electron chi connectivity index (χ3n) is 3.57. The molecule has 7 heteroatoms. The number of hydrogen-bond acceptors (Lipinski definition) is 5. The molecule has 0 spiro atoms. The summed E-state index contributed by atoms with van der Waals surface area (Å²) in [6.07, 6.45) is 1.69. The predicted molar refractivity (Wildman–Crippen MR) is 99.8 cm³/mol. The van der Waals surface area contributed by atoms with Crippen LogP contribution in [-0.4, -0.2) is 17.7 Å². The first kappa shape index (κ1) is 18.0. The molecule has 0 aliphatic carbocycles. The summed E-state index contributed by atoms with van der Waals surface area (Å²) in [7, 11) is 0. The van der Waals surface area contributed by atoms with Crippen LogP contribution in [0.1, 0.15) is 18.1 Å².